The summed E-state index contributed by atoms with van der Waals surface area (Å²) in [6.07, 6.45) is 6.03. The normalized spacial score (nSPS) is 35.9. The molecule has 0 aromatic carbocycles. The van der Waals surface area contributed by atoms with Crippen molar-refractivity contribution in [1.82, 2.24) is 15.5 Å². The second kappa shape index (κ2) is 6.20. The van der Waals surface area contributed by atoms with Crippen molar-refractivity contribution in [2.75, 3.05) is 32.8 Å². The minimum absolute atomic E-state index is 0.0110. The summed E-state index contributed by atoms with van der Waals surface area (Å²) in [5, 5.41) is 6.33. The van der Waals surface area contributed by atoms with Crippen LogP contribution >= 0.6 is 0 Å². The van der Waals surface area contributed by atoms with Crippen LogP contribution in [0.5, 0.6) is 0 Å². The average Bonchev–Trinajstić information content (AvgIpc) is 2.93. The maximum atomic E-state index is 12.0. The van der Waals surface area contributed by atoms with E-state index in [1.165, 1.54) is 25.8 Å². The number of rotatable bonds is 3. The molecule has 0 bridgehead atoms. The first kappa shape index (κ1) is 13.3. The Labute approximate surface area is 115 Å². The highest BCUT2D eigenvalue weighted by atomic mass is 16.5. The second-order valence-electron chi connectivity index (χ2n) is 5.99. The van der Waals surface area contributed by atoms with Gasteiger partial charge in [0.1, 0.15) is 0 Å². The van der Waals surface area contributed by atoms with E-state index in [0.29, 0.717) is 12.6 Å². The number of nitrogens with one attached hydrogen (secondary N) is 2. The molecule has 5 heteroatoms. The molecule has 3 aliphatic heterocycles. The molecule has 108 valence electrons. The smallest absolute Gasteiger partial charge is 0.237 e. The van der Waals surface area contributed by atoms with E-state index >= 15 is 0 Å². The van der Waals surface area contributed by atoms with E-state index in [0.717, 1.165) is 32.5 Å². The molecule has 0 spiro atoms. The lowest BCUT2D eigenvalue weighted by Crippen LogP contribution is -2.53. The monoisotopic (exact) mass is 267 g/mol. The molecule has 0 aliphatic carbocycles. The molecule has 3 saturated heterocycles. The molecule has 3 aliphatic rings. The van der Waals surface area contributed by atoms with Crippen LogP contribution in [-0.4, -0.2) is 61.8 Å². The third-order valence-electron chi connectivity index (χ3n) is 4.59. The van der Waals surface area contributed by atoms with Crippen molar-refractivity contribution >= 4 is 5.91 Å². The summed E-state index contributed by atoms with van der Waals surface area (Å²) in [6, 6.07) is 0.642. The summed E-state index contributed by atoms with van der Waals surface area (Å²) >= 11 is 0. The van der Waals surface area contributed by atoms with E-state index in [9.17, 15) is 4.79 Å². The van der Waals surface area contributed by atoms with Crippen molar-refractivity contribution in [1.29, 1.82) is 0 Å². The summed E-state index contributed by atoms with van der Waals surface area (Å²) in [6.45, 7) is 4.63. The number of fused-ring (bicyclic) bond motifs is 1. The van der Waals surface area contributed by atoms with Gasteiger partial charge in [-0.15, -0.1) is 0 Å². The molecule has 0 saturated carbocycles. The highest BCUT2D eigenvalue weighted by Gasteiger charge is 2.32. The largest absolute Gasteiger partial charge is 0.373 e. The van der Waals surface area contributed by atoms with E-state index < -0.39 is 0 Å². The lowest BCUT2D eigenvalue weighted by atomic mass is 10.0. The zero-order chi connectivity index (χ0) is 13.1. The fourth-order valence-electron chi connectivity index (χ4n) is 3.42. The molecule has 0 aromatic rings. The fraction of sp³-hybridized carbons (Fsp3) is 0.929. The Kier molecular flexibility index (Phi) is 4.35. The summed E-state index contributed by atoms with van der Waals surface area (Å²) in [5.41, 5.74) is 0. The third kappa shape index (κ3) is 3.27. The molecule has 3 heterocycles. The molecule has 2 N–H and O–H groups in total. The highest BCUT2D eigenvalue weighted by Crippen LogP contribution is 2.22. The van der Waals surface area contributed by atoms with Crippen LogP contribution in [0.2, 0.25) is 0 Å². The van der Waals surface area contributed by atoms with E-state index in [2.05, 4.69) is 15.5 Å². The SMILES string of the molecule is O=C(NCC1CN2CCCC2CO1)[C@@H]1CCCCN1. The van der Waals surface area contributed by atoms with Crippen LogP contribution in [0.3, 0.4) is 0 Å². The molecule has 1 amide bonds. The highest BCUT2D eigenvalue weighted by molar-refractivity contribution is 5.81. The summed E-state index contributed by atoms with van der Waals surface area (Å²) in [4.78, 5) is 14.5. The summed E-state index contributed by atoms with van der Waals surface area (Å²) in [7, 11) is 0. The molecule has 3 atom stereocenters. The lowest BCUT2D eigenvalue weighted by molar-refractivity contribution is -0.125. The van der Waals surface area contributed by atoms with Crippen molar-refractivity contribution in [3.8, 4) is 0 Å². The Bertz CT molecular complexity index is 318. The topological polar surface area (TPSA) is 53.6 Å². The zero-order valence-corrected chi connectivity index (χ0v) is 11.6. The first-order valence-electron chi connectivity index (χ1n) is 7.69. The molecular formula is C14H25N3O2. The number of ether oxygens (including phenoxy) is 1. The van der Waals surface area contributed by atoms with Gasteiger partial charge in [-0.2, -0.15) is 0 Å². The Morgan fingerprint density at radius 3 is 3.11 bits per heavy atom. The molecule has 19 heavy (non-hydrogen) atoms. The van der Waals surface area contributed by atoms with E-state index in [4.69, 9.17) is 4.74 Å². The third-order valence-corrected chi connectivity index (χ3v) is 4.59. The van der Waals surface area contributed by atoms with Crippen molar-refractivity contribution in [2.24, 2.45) is 0 Å². The molecule has 0 radical (unpaired) electrons. The van der Waals surface area contributed by atoms with Crippen LogP contribution in [-0.2, 0) is 9.53 Å². The van der Waals surface area contributed by atoms with Gasteiger partial charge in [-0.3, -0.25) is 9.69 Å². The van der Waals surface area contributed by atoms with Gasteiger partial charge in [-0.1, -0.05) is 6.42 Å². The first-order valence-corrected chi connectivity index (χ1v) is 7.69. The number of amides is 1. The second-order valence-corrected chi connectivity index (χ2v) is 5.99. The molecule has 5 nitrogen and oxygen atoms in total. The van der Waals surface area contributed by atoms with Gasteiger partial charge in [-0.25, -0.2) is 0 Å². The Morgan fingerprint density at radius 2 is 2.26 bits per heavy atom. The number of morpholine rings is 1. The Balaban J connectivity index is 1.40. The molecule has 2 unspecified atom stereocenters. The van der Waals surface area contributed by atoms with Crippen molar-refractivity contribution in [3.63, 3.8) is 0 Å². The maximum Gasteiger partial charge on any atom is 0.237 e. The van der Waals surface area contributed by atoms with Crippen LogP contribution in [0.4, 0.5) is 0 Å². The van der Waals surface area contributed by atoms with Crippen LogP contribution in [0, 0.1) is 0 Å². The minimum atomic E-state index is 0.0110. The number of carbonyl (C=O) groups excluding carboxylic acids is 1. The summed E-state index contributed by atoms with van der Waals surface area (Å²) in [5.74, 6) is 0.145. The first-order chi connectivity index (χ1) is 9.33. The number of piperidine rings is 1. The van der Waals surface area contributed by atoms with Gasteiger partial charge in [0.25, 0.3) is 0 Å². The summed E-state index contributed by atoms with van der Waals surface area (Å²) < 4.78 is 5.85. The van der Waals surface area contributed by atoms with Crippen molar-refractivity contribution in [2.45, 2.75) is 50.3 Å². The van der Waals surface area contributed by atoms with Gasteiger partial charge in [0.15, 0.2) is 0 Å². The standard InChI is InChI=1S/C14H25N3O2/c18-14(13-5-1-2-6-15-13)16-8-12-9-17-7-3-4-11(17)10-19-12/h11-13,15H,1-10H2,(H,16,18)/t11?,12?,13-/m0/s1. The van der Waals surface area contributed by atoms with Gasteiger partial charge in [0.05, 0.1) is 18.8 Å². The molecular weight excluding hydrogens is 242 g/mol. The maximum absolute atomic E-state index is 12.0. The number of hydrogen-bond donors (Lipinski definition) is 2. The molecule has 3 fully saturated rings. The van der Waals surface area contributed by atoms with Gasteiger partial charge < -0.3 is 15.4 Å². The predicted octanol–water partition coefficient (Wildman–Crippen LogP) is 0.108. The van der Waals surface area contributed by atoms with Crippen LogP contribution in [0.1, 0.15) is 32.1 Å². The van der Waals surface area contributed by atoms with Crippen LogP contribution in [0.15, 0.2) is 0 Å². The molecule has 3 rings (SSSR count). The van der Waals surface area contributed by atoms with Crippen LogP contribution in [0.25, 0.3) is 0 Å². The Hall–Kier alpha value is -0.650. The average molecular weight is 267 g/mol. The van der Waals surface area contributed by atoms with Gasteiger partial charge in [0.2, 0.25) is 5.91 Å². The Morgan fingerprint density at radius 1 is 1.32 bits per heavy atom. The zero-order valence-electron chi connectivity index (χ0n) is 11.6. The van der Waals surface area contributed by atoms with Gasteiger partial charge in [0, 0.05) is 19.1 Å². The van der Waals surface area contributed by atoms with E-state index in [1.807, 2.05) is 0 Å². The molecule has 0 aromatic heterocycles. The number of nitrogens with zero attached hydrogens (tertiary/aromatic N) is 1. The number of hydrogen-bond acceptors (Lipinski definition) is 4. The van der Waals surface area contributed by atoms with Crippen molar-refractivity contribution < 1.29 is 9.53 Å². The van der Waals surface area contributed by atoms with Gasteiger partial charge >= 0.3 is 0 Å². The lowest BCUT2D eigenvalue weighted by Gasteiger charge is -2.35. The number of carbonyl (C=O) groups is 1. The van der Waals surface area contributed by atoms with Crippen LogP contribution < -0.4 is 10.6 Å². The van der Waals surface area contributed by atoms with E-state index in [1.54, 1.807) is 0 Å². The van der Waals surface area contributed by atoms with Crippen molar-refractivity contribution in [3.05, 3.63) is 0 Å². The fourth-order valence-corrected chi connectivity index (χ4v) is 3.42. The quantitative estimate of drug-likeness (QED) is 0.762. The van der Waals surface area contributed by atoms with Gasteiger partial charge in [-0.05, 0) is 38.8 Å². The minimum Gasteiger partial charge on any atom is -0.373 e. The predicted molar refractivity (Wildman–Crippen MR) is 73.0 cm³/mol. The van der Waals surface area contributed by atoms with E-state index in [-0.39, 0.29) is 18.1 Å².